The number of piperidine rings is 1. The molecule has 1 saturated heterocycles. The summed E-state index contributed by atoms with van der Waals surface area (Å²) in [5.41, 5.74) is 1.32. The minimum Gasteiger partial charge on any atom is -0.465 e. The highest BCUT2D eigenvalue weighted by Crippen LogP contribution is 2.40. The zero-order valence-corrected chi connectivity index (χ0v) is 13.0. The van der Waals surface area contributed by atoms with Crippen molar-refractivity contribution in [2.75, 3.05) is 19.8 Å². The Morgan fingerprint density at radius 2 is 1.91 bits per heavy atom. The number of hydrogen-bond acceptors (Lipinski definition) is 4. The van der Waals surface area contributed by atoms with Gasteiger partial charge in [-0.2, -0.15) is 0 Å². The summed E-state index contributed by atoms with van der Waals surface area (Å²) in [5.74, 6) is 0.102. The average molecular weight is 318 g/mol. The smallest absolute Gasteiger partial charge is 0.407 e. The van der Waals surface area contributed by atoms with Gasteiger partial charge in [-0.1, -0.05) is 30.3 Å². The first-order valence-electron chi connectivity index (χ1n) is 8.08. The first-order valence-corrected chi connectivity index (χ1v) is 8.08. The van der Waals surface area contributed by atoms with Crippen molar-refractivity contribution in [2.45, 2.75) is 31.2 Å². The zero-order valence-electron chi connectivity index (χ0n) is 13.0. The van der Waals surface area contributed by atoms with Crippen LogP contribution in [0.2, 0.25) is 0 Å². The van der Waals surface area contributed by atoms with Crippen molar-refractivity contribution in [3.63, 3.8) is 0 Å². The van der Waals surface area contributed by atoms with Gasteiger partial charge < -0.3 is 14.7 Å². The minimum absolute atomic E-state index is 0.184. The van der Waals surface area contributed by atoms with Crippen LogP contribution in [0.3, 0.4) is 0 Å². The second-order valence-electron chi connectivity index (χ2n) is 6.22. The average Bonchev–Trinajstić information content (AvgIpc) is 3.35. The predicted octanol–water partition coefficient (Wildman–Crippen LogP) is 2.02. The van der Waals surface area contributed by atoms with Crippen LogP contribution in [0.5, 0.6) is 0 Å². The van der Waals surface area contributed by atoms with Crippen LogP contribution in [0.4, 0.5) is 4.79 Å². The molecule has 6 heteroatoms. The molecule has 0 unspecified atom stereocenters. The molecule has 0 radical (unpaired) electrons. The Labute approximate surface area is 135 Å². The van der Waals surface area contributed by atoms with Gasteiger partial charge in [0.2, 0.25) is 0 Å². The lowest BCUT2D eigenvalue weighted by Crippen LogP contribution is -2.40. The number of amides is 1. The molecular weight excluding hydrogens is 296 g/mol. The van der Waals surface area contributed by atoms with E-state index in [9.17, 15) is 9.59 Å². The maximum atomic E-state index is 12.0. The van der Waals surface area contributed by atoms with Crippen molar-refractivity contribution in [3.8, 4) is 0 Å². The lowest BCUT2D eigenvalue weighted by atomic mass is 9.97. The summed E-state index contributed by atoms with van der Waals surface area (Å²) in [7, 11) is 0. The predicted molar refractivity (Wildman–Crippen MR) is 84.0 cm³/mol. The van der Waals surface area contributed by atoms with Crippen LogP contribution in [0.1, 0.15) is 30.7 Å². The summed E-state index contributed by atoms with van der Waals surface area (Å²) in [6.07, 6.45) is 1.24. The van der Waals surface area contributed by atoms with E-state index in [-0.39, 0.29) is 18.6 Å². The summed E-state index contributed by atoms with van der Waals surface area (Å²) >= 11 is 0. The van der Waals surface area contributed by atoms with E-state index in [0.717, 1.165) is 6.42 Å². The van der Waals surface area contributed by atoms with Gasteiger partial charge in [0.1, 0.15) is 6.73 Å². The molecule has 1 saturated carbocycles. The van der Waals surface area contributed by atoms with E-state index in [1.54, 1.807) is 0 Å². The fourth-order valence-corrected chi connectivity index (χ4v) is 3.13. The maximum absolute atomic E-state index is 12.0. The van der Waals surface area contributed by atoms with Crippen LogP contribution in [-0.2, 0) is 9.53 Å². The molecule has 1 aromatic carbocycles. The Kier molecular flexibility index (Phi) is 4.81. The molecule has 0 spiro atoms. The van der Waals surface area contributed by atoms with Crippen molar-refractivity contribution < 1.29 is 19.4 Å². The monoisotopic (exact) mass is 318 g/mol. The molecule has 2 aliphatic rings. The van der Waals surface area contributed by atoms with Gasteiger partial charge >= 0.3 is 12.1 Å². The van der Waals surface area contributed by atoms with E-state index in [1.165, 1.54) is 10.5 Å². The van der Waals surface area contributed by atoms with E-state index in [4.69, 9.17) is 9.84 Å². The van der Waals surface area contributed by atoms with Gasteiger partial charge in [-0.25, -0.2) is 4.79 Å². The molecule has 2 N–H and O–H groups in total. The molecule has 3 rings (SSSR count). The number of benzene rings is 1. The van der Waals surface area contributed by atoms with Gasteiger partial charge in [0.05, 0.1) is 5.92 Å². The standard InChI is InChI=1S/C17H22N2O4/c20-16(13-6-8-19(9-7-13)17(21)22)23-11-18-15-10-14(15)12-4-2-1-3-5-12/h1-5,13-15,18H,6-11H2,(H,21,22)/t14-,15+/m0/s1. The minimum atomic E-state index is -0.917. The molecule has 23 heavy (non-hydrogen) atoms. The first kappa shape index (κ1) is 15.8. The SMILES string of the molecule is O=C(OCN[C@@H]1C[C@H]1c1ccccc1)C1CCN(C(=O)O)CC1. The van der Waals surface area contributed by atoms with Crippen molar-refractivity contribution in [1.29, 1.82) is 0 Å². The van der Waals surface area contributed by atoms with Crippen molar-refractivity contribution in [3.05, 3.63) is 35.9 Å². The number of carboxylic acid groups (broad SMARTS) is 1. The second-order valence-corrected chi connectivity index (χ2v) is 6.22. The highest BCUT2D eigenvalue weighted by atomic mass is 16.5. The number of likely N-dealkylation sites (tertiary alicyclic amines) is 1. The van der Waals surface area contributed by atoms with Crippen molar-refractivity contribution in [2.24, 2.45) is 5.92 Å². The van der Waals surface area contributed by atoms with Gasteiger partial charge in [0, 0.05) is 25.0 Å². The Bertz CT molecular complexity index is 555. The van der Waals surface area contributed by atoms with E-state index >= 15 is 0 Å². The lowest BCUT2D eigenvalue weighted by molar-refractivity contribution is -0.150. The number of hydrogen-bond donors (Lipinski definition) is 2. The third-order valence-corrected chi connectivity index (χ3v) is 4.68. The molecule has 1 amide bonds. The number of carbonyl (C=O) groups excluding carboxylic acids is 1. The summed E-state index contributed by atoms with van der Waals surface area (Å²) in [5, 5.41) is 12.1. The van der Waals surface area contributed by atoms with E-state index in [2.05, 4.69) is 17.4 Å². The van der Waals surface area contributed by atoms with Crippen LogP contribution >= 0.6 is 0 Å². The molecule has 1 aliphatic carbocycles. The third kappa shape index (κ3) is 4.01. The second kappa shape index (κ2) is 7.00. The fraction of sp³-hybridized carbons (Fsp3) is 0.529. The highest BCUT2D eigenvalue weighted by Gasteiger charge is 2.38. The molecule has 0 bridgehead atoms. The highest BCUT2D eigenvalue weighted by molar-refractivity contribution is 5.73. The quantitative estimate of drug-likeness (QED) is 0.641. The number of esters is 1. The van der Waals surface area contributed by atoms with E-state index < -0.39 is 6.09 Å². The number of carbonyl (C=O) groups is 2. The molecule has 124 valence electrons. The van der Waals surface area contributed by atoms with Crippen LogP contribution in [0.15, 0.2) is 30.3 Å². The van der Waals surface area contributed by atoms with Gasteiger partial charge in [-0.3, -0.25) is 10.1 Å². The Morgan fingerprint density at radius 1 is 1.22 bits per heavy atom. The summed E-state index contributed by atoms with van der Waals surface area (Å²) in [6.45, 7) is 1.04. The Balaban J connectivity index is 1.34. The molecule has 2 fully saturated rings. The van der Waals surface area contributed by atoms with Crippen LogP contribution in [0, 0.1) is 5.92 Å². The number of rotatable bonds is 5. The third-order valence-electron chi connectivity index (χ3n) is 4.68. The number of nitrogens with zero attached hydrogens (tertiary/aromatic N) is 1. The van der Waals surface area contributed by atoms with Gasteiger partial charge in [-0.15, -0.1) is 0 Å². The number of nitrogens with one attached hydrogen (secondary N) is 1. The van der Waals surface area contributed by atoms with Gasteiger partial charge in [-0.05, 0) is 24.8 Å². The van der Waals surface area contributed by atoms with Gasteiger partial charge in [0.15, 0.2) is 0 Å². The van der Waals surface area contributed by atoms with E-state index in [1.807, 2.05) is 18.2 Å². The van der Waals surface area contributed by atoms with Crippen molar-refractivity contribution >= 4 is 12.1 Å². The molecular formula is C17H22N2O4. The molecule has 2 atom stereocenters. The molecule has 1 aromatic rings. The Morgan fingerprint density at radius 3 is 2.57 bits per heavy atom. The summed E-state index contributed by atoms with van der Waals surface area (Å²) in [4.78, 5) is 24.2. The van der Waals surface area contributed by atoms with Crippen LogP contribution in [-0.4, -0.2) is 47.9 Å². The fourth-order valence-electron chi connectivity index (χ4n) is 3.13. The topological polar surface area (TPSA) is 78.9 Å². The van der Waals surface area contributed by atoms with Gasteiger partial charge in [0.25, 0.3) is 0 Å². The molecule has 0 aromatic heterocycles. The molecule has 6 nitrogen and oxygen atoms in total. The van der Waals surface area contributed by atoms with E-state index in [0.29, 0.717) is 37.9 Å². The van der Waals surface area contributed by atoms with Crippen molar-refractivity contribution in [1.82, 2.24) is 10.2 Å². The summed E-state index contributed by atoms with van der Waals surface area (Å²) in [6, 6.07) is 10.7. The van der Waals surface area contributed by atoms with Crippen LogP contribution < -0.4 is 5.32 Å². The molecule has 1 heterocycles. The zero-order chi connectivity index (χ0) is 16.2. The largest absolute Gasteiger partial charge is 0.465 e. The molecule has 1 aliphatic heterocycles. The normalized spacial score (nSPS) is 24.3. The maximum Gasteiger partial charge on any atom is 0.407 e. The first-order chi connectivity index (χ1) is 11.1. The number of ether oxygens (including phenoxy) is 1. The summed E-state index contributed by atoms with van der Waals surface area (Å²) < 4.78 is 5.30. The van der Waals surface area contributed by atoms with Crippen LogP contribution in [0.25, 0.3) is 0 Å². The lowest BCUT2D eigenvalue weighted by Gasteiger charge is -2.28. The Hall–Kier alpha value is -2.08.